The van der Waals surface area contributed by atoms with Crippen LogP contribution in [0.4, 0.5) is 4.79 Å². The highest BCUT2D eigenvalue weighted by molar-refractivity contribution is 6.30. The molecule has 0 aliphatic rings. The molecule has 1 rings (SSSR count). The van der Waals surface area contributed by atoms with Crippen LogP contribution in [0.1, 0.15) is 18.1 Å². The Balaban J connectivity index is 2.43. The summed E-state index contributed by atoms with van der Waals surface area (Å²) in [6.07, 6.45) is -1.20. The lowest BCUT2D eigenvalue weighted by molar-refractivity contribution is 0.111. The van der Waals surface area contributed by atoms with Crippen LogP contribution in [0.15, 0.2) is 24.3 Å². The van der Waals surface area contributed by atoms with E-state index < -0.39 is 12.2 Å². The summed E-state index contributed by atoms with van der Waals surface area (Å²) < 4.78 is 4.51. The highest BCUT2D eigenvalue weighted by Crippen LogP contribution is 2.18. The highest BCUT2D eigenvalue weighted by atomic mass is 35.5. The van der Waals surface area contributed by atoms with Gasteiger partial charge in [-0.3, -0.25) is 0 Å². The van der Waals surface area contributed by atoms with Crippen molar-refractivity contribution < 1.29 is 14.6 Å². The molecule has 82 valence electrons. The molecule has 3 N–H and O–H groups in total. The fourth-order valence-corrected chi connectivity index (χ4v) is 1.25. The Kier molecular flexibility index (Phi) is 4.39. The standard InChI is InChI=1S/C10H12ClNO3/c11-8-3-1-7(2-4-8)9(13)5-6-15-10(12)14/h1-4,9,13H,5-6H2,(H2,12,14)/t9-/m0/s1. The lowest BCUT2D eigenvalue weighted by atomic mass is 10.1. The Hall–Kier alpha value is -1.26. The molecule has 0 aliphatic heterocycles. The Morgan fingerprint density at radius 2 is 2.07 bits per heavy atom. The minimum Gasteiger partial charge on any atom is -0.450 e. The van der Waals surface area contributed by atoms with Crippen molar-refractivity contribution in [1.29, 1.82) is 0 Å². The second-order valence-corrected chi connectivity index (χ2v) is 3.46. The Morgan fingerprint density at radius 3 is 2.60 bits per heavy atom. The number of amides is 1. The van der Waals surface area contributed by atoms with Crippen molar-refractivity contribution >= 4 is 17.7 Å². The normalized spacial score (nSPS) is 12.1. The monoisotopic (exact) mass is 229 g/mol. The van der Waals surface area contributed by atoms with Crippen LogP contribution in [-0.4, -0.2) is 17.8 Å². The van der Waals surface area contributed by atoms with E-state index in [1.807, 2.05) is 0 Å². The summed E-state index contributed by atoms with van der Waals surface area (Å²) in [7, 11) is 0. The van der Waals surface area contributed by atoms with Crippen LogP contribution < -0.4 is 5.73 Å². The second kappa shape index (κ2) is 5.58. The molecule has 0 spiro atoms. The summed E-state index contributed by atoms with van der Waals surface area (Å²) in [6.45, 7) is 0.0964. The van der Waals surface area contributed by atoms with Gasteiger partial charge in [0.1, 0.15) is 0 Å². The average Bonchev–Trinajstić information content (AvgIpc) is 2.18. The van der Waals surface area contributed by atoms with Gasteiger partial charge in [-0.05, 0) is 17.7 Å². The summed E-state index contributed by atoms with van der Waals surface area (Å²) in [5.74, 6) is 0. The number of carbonyl (C=O) groups is 1. The average molecular weight is 230 g/mol. The maximum atomic E-state index is 10.3. The van der Waals surface area contributed by atoms with Crippen LogP contribution >= 0.6 is 11.6 Å². The molecular formula is C10H12ClNO3. The van der Waals surface area contributed by atoms with Gasteiger partial charge in [0.25, 0.3) is 0 Å². The van der Waals surface area contributed by atoms with E-state index in [0.29, 0.717) is 11.4 Å². The first kappa shape index (κ1) is 11.8. The van der Waals surface area contributed by atoms with Crippen molar-refractivity contribution in [3.63, 3.8) is 0 Å². The highest BCUT2D eigenvalue weighted by Gasteiger charge is 2.07. The van der Waals surface area contributed by atoms with Crippen molar-refractivity contribution in [3.05, 3.63) is 34.9 Å². The third kappa shape index (κ3) is 4.18. The largest absolute Gasteiger partial charge is 0.450 e. The molecule has 0 saturated carbocycles. The first-order valence-electron chi connectivity index (χ1n) is 4.45. The van der Waals surface area contributed by atoms with Crippen LogP contribution in [-0.2, 0) is 4.74 Å². The number of ether oxygens (including phenoxy) is 1. The second-order valence-electron chi connectivity index (χ2n) is 3.02. The first-order valence-corrected chi connectivity index (χ1v) is 4.83. The topological polar surface area (TPSA) is 72.6 Å². The summed E-state index contributed by atoms with van der Waals surface area (Å²) >= 11 is 5.69. The Morgan fingerprint density at radius 1 is 1.47 bits per heavy atom. The molecule has 0 saturated heterocycles. The third-order valence-electron chi connectivity index (χ3n) is 1.89. The molecule has 4 nitrogen and oxygen atoms in total. The molecule has 0 aliphatic carbocycles. The van der Waals surface area contributed by atoms with Gasteiger partial charge in [0.2, 0.25) is 0 Å². The van der Waals surface area contributed by atoms with Crippen molar-refractivity contribution in [2.45, 2.75) is 12.5 Å². The van der Waals surface area contributed by atoms with Crippen molar-refractivity contribution in [3.8, 4) is 0 Å². The molecule has 0 radical (unpaired) electrons. The van der Waals surface area contributed by atoms with E-state index in [4.69, 9.17) is 17.3 Å². The number of halogens is 1. The van der Waals surface area contributed by atoms with E-state index >= 15 is 0 Å². The molecule has 1 atom stereocenters. The van der Waals surface area contributed by atoms with Crippen LogP contribution in [0.25, 0.3) is 0 Å². The van der Waals surface area contributed by atoms with Crippen LogP contribution in [0.2, 0.25) is 5.02 Å². The van der Waals surface area contributed by atoms with Gasteiger partial charge < -0.3 is 15.6 Å². The Labute approximate surface area is 92.6 Å². The number of rotatable bonds is 4. The molecule has 0 fully saturated rings. The zero-order valence-corrected chi connectivity index (χ0v) is 8.78. The fourth-order valence-electron chi connectivity index (χ4n) is 1.12. The van der Waals surface area contributed by atoms with Gasteiger partial charge in [0.15, 0.2) is 0 Å². The molecule has 5 heteroatoms. The van der Waals surface area contributed by atoms with E-state index in [0.717, 1.165) is 5.56 Å². The molecule has 15 heavy (non-hydrogen) atoms. The molecule has 1 aromatic carbocycles. The summed E-state index contributed by atoms with van der Waals surface area (Å²) in [5.41, 5.74) is 5.51. The summed E-state index contributed by atoms with van der Waals surface area (Å²) in [4.78, 5) is 10.3. The van der Waals surface area contributed by atoms with E-state index in [1.54, 1.807) is 24.3 Å². The predicted molar refractivity (Wildman–Crippen MR) is 56.6 cm³/mol. The molecular weight excluding hydrogens is 218 g/mol. The van der Waals surface area contributed by atoms with Gasteiger partial charge in [-0.25, -0.2) is 4.79 Å². The SMILES string of the molecule is NC(=O)OCC[C@H](O)c1ccc(Cl)cc1. The minimum absolute atomic E-state index is 0.0964. The fraction of sp³-hybridized carbons (Fsp3) is 0.300. The van der Waals surface area contributed by atoms with Crippen molar-refractivity contribution in [2.75, 3.05) is 6.61 Å². The summed E-state index contributed by atoms with van der Waals surface area (Å²) in [5, 5.41) is 10.3. The molecule has 0 heterocycles. The smallest absolute Gasteiger partial charge is 0.404 e. The first-order chi connectivity index (χ1) is 7.09. The predicted octanol–water partition coefficient (Wildman–Crippen LogP) is 1.86. The number of hydrogen-bond acceptors (Lipinski definition) is 3. The third-order valence-corrected chi connectivity index (χ3v) is 2.14. The number of aliphatic hydroxyl groups excluding tert-OH is 1. The lowest BCUT2D eigenvalue weighted by Crippen LogP contribution is -2.15. The van der Waals surface area contributed by atoms with Gasteiger partial charge in [0.05, 0.1) is 12.7 Å². The summed E-state index contributed by atoms with van der Waals surface area (Å²) in [6, 6.07) is 6.82. The van der Waals surface area contributed by atoms with E-state index in [2.05, 4.69) is 4.74 Å². The van der Waals surface area contributed by atoms with Gasteiger partial charge in [0, 0.05) is 11.4 Å². The quantitative estimate of drug-likeness (QED) is 0.828. The Bertz CT molecular complexity index is 326. The molecule has 0 unspecified atom stereocenters. The zero-order valence-electron chi connectivity index (χ0n) is 8.02. The lowest BCUT2D eigenvalue weighted by Gasteiger charge is -2.10. The number of primary amides is 1. The maximum Gasteiger partial charge on any atom is 0.404 e. The zero-order chi connectivity index (χ0) is 11.3. The van der Waals surface area contributed by atoms with E-state index in [1.165, 1.54) is 0 Å². The minimum atomic E-state index is -0.835. The van der Waals surface area contributed by atoms with Gasteiger partial charge >= 0.3 is 6.09 Å². The van der Waals surface area contributed by atoms with E-state index in [9.17, 15) is 9.90 Å². The van der Waals surface area contributed by atoms with Gasteiger partial charge in [-0.2, -0.15) is 0 Å². The van der Waals surface area contributed by atoms with Crippen LogP contribution in [0, 0.1) is 0 Å². The van der Waals surface area contributed by atoms with Gasteiger partial charge in [-0.15, -0.1) is 0 Å². The molecule has 0 aromatic heterocycles. The van der Waals surface area contributed by atoms with Crippen LogP contribution in [0.3, 0.4) is 0 Å². The number of carbonyl (C=O) groups excluding carboxylic acids is 1. The number of aliphatic hydroxyl groups is 1. The maximum absolute atomic E-state index is 10.3. The number of nitrogens with two attached hydrogens (primary N) is 1. The molecule has 1 amide bonds. The van der Waals surface area contributed by atoms with Gasteiger partial charge in [-0.1, -0.05) is 23.7 Å². The van der Waals surface area contributed by atoms with Crippen molar-refractivity contribution in [1.82, 2.24) is 0 Å². The van der Waals surface area contributed by atoms with Crippen molar-refractivity contribution in [2.24, 2.45) is 5.73 Å². The van der Waals surface area contributed by atoms with E-state index in [-0.39, 0.29) is 6.61 Å². The molecule has 0 bridgehead atoms. The molecule has 1 aromatic rings. The number of hydrogen-bond donors (Lipinski definition) is 2. The van der Waals surface area contributed by atoms with Crippen LogP contribution in [0.5, 0.6) is 0 Å². The number of benzene rings is 1.